The summed E-state index contributed by atoms with van der Waals surface area (Å²) in [5.74, 6) is -1.21. The third-order valence-electron chi connectivity index (χ3n) is 2.68. The summed E-state index contributed by atoms with van der Waals surface area (Å²) in [5, 5.41) is 3.08. The van der Waals surface area contributed by atoms with Crippen molar-refractivity contribution in [1.82, 2.24) is 0 Å². The van der Waals surface area contributed by atoms with Crippen molar-refractivity contribution in [2.45, 2.75) is 3.79 Å². The Hall–Kier alpha value is -1.17. The molecule has 0 spiro atoms. The quantitative estimate of drug-likeness (QED) is 0.399. The van der Waals surface area contributed by atoms with Gasteiger partial charge in [0.2, 0.25) is 0 Å². The Balaban J connectivity index is 2.07. The molecular formula is C15H8Cl5NO3. The summed E-state index contributed by atoms with van der Waals surface area (Å²) in [6.07, 6.45) is 0. The van der Waals surface area contributed by atoms with Crippen LogP contribution in [0.5, 0.6) is 5.75 Å². The minimum Gasteiger partial charge on any atom is -0.423 e. The van der Waals surface area contributed by atoms with E-state index < -0.39 is 15.7 Å². The van der Waals surface area contributed by atoms with Crippen LogP contribution in [0.1, 0.15) is 10.4 Å². The predicted octanol–water partition coefficient (Wildman–Crippen LogP) is 5.52. The molecule has 4 nitrogen and oxygen atoms in total. The van der Waals surface area contributed by atoms with E-state index in [4.69, 9.17) is 62.7 Å². The number of alkyl halides is 3. The molecule has 1 amide bonds. The first kappa shape index (κ1) is 19.2. The molecule has 2 aromatic rings. The molecule has 0 bridgehead atoms. The number of benzene rings is 2. The summed E-state index contributed by atoms with van der Waals surface area (Å²) in [7, 11) is 0. The van der Waals surface area contributed by atoms with Crippen LogP contribution >= 0.6 is 58.0 Å². The van der Waals surface area contributed by atoms with Gasteiger partial charge in [0.25, 0.3) is 9.70 Å². The van der Waals surface area contributed by atoms with Crippen molar-refractivity contribution >= 4 is 75.6 Å². The monoisotopic (exact) mass is 425 g/mol. The number of rotatable bonds is 3. The van der Waals surface area contributed by atoms with Crippen LogP contribution in [0.3, 0.4) is 0 Å². The molecule has 0 unspecified atom stereocenters. The normalized spacial score (nSPS) is 11.0. The molecule has 2 aromatic carbocycles. The summed E-state index contributed by atoms with van der Waals surface area (Å²) < 4.78 is 3.10. The first-order valence-electron chi connectivity index (χ1n) is 6.31. The standard InChI is InChI=1S/C15H8Cl5NO3/c16-9-5-10(17)7-12(6-9)24-13(22)8-1-3-11(4-2-8)21-14(23)15(18,19)20/h1-7H,(H,21,23). The van der Waals surface area contributed by atoms with Gasteiger partial charge < -0.3 is 10.1 Å². The van der Waals surface area contributed by atoms with Gasteiger partial charge in [-0.15, -0.1) is 0 Å². The number of halogens is 5. The number of carbonyl (C=O) groups is 2. The van der Waals surface area contributed by atoms with Gasteiger partial charge in [-0.1, -0.05) is 58.0 Å². The number of hydrogen-bond acceptors (Lipinski definition) is 3. The fourth-order valence-corrected chi connectivity index (χ4v) is 2.29. The summed E-state index contributed by atoms with van der Waals surface area (Å²) in [4.78, 5) is 23.6. The zero-order valence-electron chi connectivity index (χ0n) is 11.7. The zero-order chi connectivity index (χ0) is 17.9. The van der Waals surface area contributed by atoms with Crippen molar-refractivity contribution in [2.24, 2.45) is 0 Å². The maximum atomic E-state index is 12.1. The van der Waals surface area contributed by atoms with Gasteiger partial charge in [-0.05, 0) is 42.5 Å². The second-order valence-electron chi connectivity index (χ2n) is 4.52. The molecule has 0 radical (unpaired) electrons. The summed E-state index contributed by atoms with van der Waals surface area (Å²) in [6, 6.07) is 10.3. The molecule has 9 heteroatoms. The predicted molar refractivity (Wildman–Crippen MR) is 96.8 cm³/mol. The number of nitrogens with one attached hydrogen (secondary N) is 1. The number of esters is 1. The molecule has 24 heavy (non-hydrogen) atoms. The summed E-state index contributed by atoms with van der Waals surface area (Å²) in [6.45, 7) is 0. The van der Waals surface area contributed by atoms with E-state index in [2.05, 4.69) is 5.32 Å². The highest BCUT2D eigenvalue weighted by atomic mass is 35.6. The maximum Gasteiger partial charge on any atom is 0.343 e. The lowest BCUT2D eigenvalue weighted by Gasteiger charge is -2.11. The Morgan fingerprint density at radius 2 is 1.46 bits per heavy atom. The highest BCUT2D eigenvalue weighted by molar-refractivity contribution is 6.76. The van der Waals surface area contributed by atoms with E-state index in [-0.39, 0.29) is 11.3 Å². The van der Waals surface area contributed by atoms with Crippen LogP contribution in [0.4, 0.5) is 5.69 Å². The Kier molecular flexibility index (Phi) is 6.23. The average Bonchev–Trinajstić information content (AvgIpc) is 2.45. The van der Waals surface area contributed by atoms with Crippen molar-refractivity contribution in [3.05, 3.63) is 58.1 Å². The highest BCUT2D eigenvalue weighted by Gasteiger charge is 2.30. The van der Waals surface area contributed by atoms with Gasteiger partial charge in [-0.3, -0.25) is 4.79 Å². The molecule has 0 aromatic heterocycles. The molecule has 1 N–H and O–H groups in total. The van der Waals surface area contributed by atoms with Crippen molar-refractivity contribution in [1.29, 1.82) is 0 Å². The lowest BCUT2D eigenvalue weighted by molar-refractivity contribution is -0.115. The molecule has 0 heterocycles. The minimum atomic E-state index is -2.08. The van der Waals surface area contributed by atoms with Crippen LogP contribution in [0.15, 0.2) is 42.5 Å². The van der Waals surface area contributed by atoms with Gasteiger partial charge in [-0.2, -0.15) is 0 Å². The van der Waals surface area contributed by atoms with Crippen LogP contribution in [-0.2, 0) is 4.79 Å². The molecule has 0 aliphatic rings. The molecule has 0 atom stereocenters. The first-order chi connectivity index (χ1) is 11.1. The molecular weight excluding hydrogens is 419 g/mol. The van der Waals surface area contributed by atoms with E-state index in [9.17, 15) is 9.59 Å². The summed E-state index contributed by atoms with van der Waals surface area (Å²) >= 11 is 28.0. The molecule has 0 saturated heterocycles. The maximum absolute atomic E-state index is 12.1. The van der Waals surface area contributed by atoms with Gasteiger partial charge in [0.15, 0.2) is 0 Å². The Morgan fingerprint density at radius 1 is 0.917 bits per heavy atom. The lowest BCUT2D eigenvalue weighted by Crippen LogP contribution is -2.26. The Bertz CT molecular complexity index is 751. The number of amides is 1. The third kappa shape index (κ3) is 5.43. The van der Waals surface area contributed by atoms with Crippen LogP contribution in [0, 0.1) is 0 Å². The van der Waals surface area contributed by atoms with Crippen LogP contribution < -0.4 is 10.1 Å². The zero-order valence-corrected chi connectivity index (χ0v) is 15.4. The van der Waals surface area contributed by atoms with E-state index >= 15 is 0 Å². The third-order valence-corrected chi connectivity index (χ3v) is 3.63. The highest BCUT2D eigenvalue weighted by Crippen LogP contribution is 2.28. The minimum absolute atomic E-state index is 0.214. The van der Waals surface area contributed by atoms with Crippen molar-refractivity contribution in [2.75, 3.05) is 5.32 Å². The van der Waals surface area contributed by atoms with Gasteiger partial charge in [0.1, 0.15) is 5.75 Å². The lowest BCUT2D eigenvalue weighted by atomic mass is 10.2. The Morgan fingerprint density at radius 3 is 1.96 bits per heavy atom. The van der Waals surface area contributed by atoms with E-state index in [1.54, 1.807) is 0 Å². The molecule has 126 valence electrons. The van der Waals surface area contributed by atoms with Crippen molar-refractivity contribution < 1.29 is 14.3 Å². The van der Waals surface area contributed by atoms with E-state index in [1.165, 1.54) is 42.5 Å². The number of carbonyl (C=O) groups excluding carboxylic acids is 2. The van der Waals surface area contributed by atoms with Crippen LogP contribution in [0.25, 0.3) is 0 Å². The van der Waals surface area contributed by atoms with Crippen molar-refractivity contribution in [3.8, 4) is 5.75 Å². The van der Waals surface area contributed by atoms with E-state index in [1.807, 2.05) is 0 Å². The van der Waals surface area contributed by atoms with Gasteiger partial charge in [-0.25, -0.2) is 4.79 Å². The summed E-state index contributed by atoms with van der Waals surface area (Å²) in [5.41, 5.74) is 0.603. The van der Waals surface area contributed by atoms with Crippen molar-refractivity contribution in [3.63, 3.8) is 0 Å². The first-order valence-corrected chi connectivity index (χ1v) is 8.20. The average molecular weight is 427 g/mol. The number of anilines is 1. The largest absolute Gasteiger partial charge is 0.423 e. The van der Waals surface area contributed by atoms with E-state index in [0.29, 0.717) is 15.7 Å². The Labute approximate surface area is 162 Å². The second-order valence-corrected chi connectivity index (χ2v) is 7.68. The number of ether oxygens (including phenoxy) is 1. The molecule has 0 aliphatic carbocycles. The smallest absolute Gasteiger partial charge is 0.343 e. The second kappa shape index (κ2) is 7.81. The molecule has 0 saturated carbocycles. The SMILES string of the molecule is O=C(Oc1cc(Cl)cc(Cl)c1)c1ccc(NC(=O)C(Cl)(Cl)Cl)cc1. The van der Waals surface area contributed by atoms with Gasteiger partial charge in [0.05, 0.1) is 5.56 Å². The number of hydrogen-bond donors (Lipinski definition) is 1. The van der Waals surface area contributed by atoms with Gasteiger partial charge in [0, 0.05) is 15.7 Å². The molecule has 0 fully saturated rings. The van der Waals surface area contributed by atoms with Crippen LogP contribution in [-0.4, -0.2) is 15.7 Å². The van der Waals surface area contributed by atoms with Gasteiger partial charge >= 0.3 is 5.97 Å². The fourth-order valence-electron chi connectivity index (χ4n) is 1.65. The molecule has 0 aliphatic heterocycles. The van der Waals surface area contributed by atoms with Crippen LogP contribution in [0.2, 0.25) is 10.0 Å². The fraction of sp³-hybridized carbons (Fsp3) is 0.0667. The van der Waals surface area contributed by atoms with E-state index in [0.717, 1.165) is 0 Å². The molecule has 2 rings (SSSR count). The topological polar surface area (TPSA) is 55.4 Å².